The number of hydrogen-bond donors (Lipinski definition) is 0. The van der Waals surface area contributed by atoms with Gasteiger partial charge in [-0.2, -0.15) is 5.10 Å². The quantitative estimate of drug-likeness (QED) is 0.231. The summed E-state index contributed by atoms with van der Waals surface area (Å²) in [6.07, 6.45) is 11.1. The molecule has 0 amide bonds. The maximum Gasteiger partial charge on any atom is 0.192 e. The smallest absolute Gasteiger partial charge is 0.192 e. The van der Waals surface area contributed by atoms with Gasteiger partial charge in [-0.15, -0.1) is 5.10 Å². The molecule has 0 radical (unpaired) electrons. The molecule has 1 aliphatic heterocycles. The van der Waals surface area contributed by atoms with Crippen LogP contribution in [-0.2, 0) is 15.7 Å². The Labute approximate surface area is 229 Å². The molecule has 0 bridgehead atoms. The van der Waals surface area contributed by atoms with Crippen LogP contribution in [0.2, 0.25) is 23.2 Å². The molecule has 1 saturated heterocycles. The van der Waals surface area contributed by atoms with E-state index in [0.717, 1.165) is 47.9 Å². The van der Waals surface area contributed by atoms with E-state index in [0.29, 0.717) is 29.7 Å². The molecule has 1 aliphatic rings. The van der Waals surface area contributed by atoms with Gasteiger partial charge >= 0.3 is 0 Å². The van der Waals surface area contributed by atoms with Crippen LogP contribution in [0.5, 0.6) is 5.75 Å². The molecular formula is C27H37ClN6O3Si. The summed E-state index contributed by atoms with van der Waals surface area (Å²) >= 11 is 6.50. The highest BCUT2D eigenvalue weighted by Crippen LogP contribution is 2.40. The Bertz CT molecular complexity index is 1410. The minimum Gasteiger partial charge on any atom is -0.496 e. The van der Waals surface area contributed by atoms with Gasteiger partial charge < -0.3 is 13.9 Å². The standard InChI is InChI=1S/C27H37ClN6O3Si/c1-27(2,3)38(5,6)37-12-10-32-18-24(30-31-32)33-17-21(26-22(33)13-20(28)14-23(26)35-4)19-15-29-34(16-19)25-9-7-8-11-36-25/h13-18,25H,7-12H2,1-6H3. The summed E-state index contributed by atoms with van der Waals surface area (Å²) in [5.74, 6) is 1.39. The molecule has 1 fully saturated rings. The molecule has 204 valence electrons. The van der Waals surface area contributed by atoms with Gasteiger partial charge in [-0.05, 0) is 49.5 Å². The van der Waals surface area contributed by atoms with E-state index in [1.165, 1.54) is 0 Å². The zero-order valence-corrected chi connectivity index (χ0v) is 24.8. The lowest BCUT2D eigenvalue weighted by Gasteiger charge is -2.36. The second-order valence-electron chi connectivity index (χ2n) is 11.4. The first-order valence-electron chi connectivity index (χ1n) is 13.2. The number of ether oxygens (including phenoxy) is 2. The number of hydrogen-bond acceptors (Lipinski definition) is 6. The molecule has 0 spiro atoms. The van der Waals surface area contributed by atoms with E-state index < -0.39 is 8.32 Å². The summed E-state index contributed by atoms with van der Waals surface area (Å²) in [4.78, 5) is 0. The van der Waals surface area contributed by atoms with Crippen molar-refractivity contribution in [3.63, 3.8) is 0 Å². The minimum atomic E-state index is -1.83. The third-order valence-electron chi connectivity index (χ3n) is 7.78. The lowest BCUT2D eigenvalue weighted by atomic mass is 10.1. The summed E-state index contributed by atoms with van der Waals surface area (Å²) in [6.45, 7) is 13.2. The fourth-order valence-corrected chi connectivity index (χ4v) is 5.78. The fourth-order valence-electron chi connectivity index (χ4n) is 4.55. The molecule has 9 nitrogen and oxygen atoms in total. The highest BCUT2D eigenvalue weighted by Gasteiger charge is 2.37. The fraction of sp³-hybridized carbons (Fsp3) is 0.519. The van der Waals surface area contributed by atoms with Gasteiger partial charge in [0.05, 0.1) is 43.6 Å². The van der Waals surface area contributed by atoms with Gasteiger partial charge in [0.15, 0.2) is 14.1 Å². The van der Waals surface area contributed by atoms with Gasteiger partial charge in [-0.3, -0.25) is 4.57 Å². The Hall–Kier alpha value is -2.66. The van der Waals surface area contributed by atoms with Crippen molar-refractivity contribution in [3.8, 4) is 22.7 Å². The van der Waals surface area contributed by atoms with Crippen molar-refractivity contribution in [2.75, 3.05) is 20.3 Å². The number of fused-ring (bicyclic) bond motifs is 1. The van der Waals surface area contributed by atoms with Gasteiger partial charge in [0, 0.05) is 35.2 Å². The van der Waals surface area contributed by atoms with Crippen molar-refractivity contribution in [1.29, 1.82) is 0 Å². The average Bonchev–Trinajstić information content (AvgIpc) is 3.62. The van der Waals surface area contributed by atoms with Crippen LogP contribution in [-0.4, -0.2) is 58.0 Å². The molecule has 0 aliphatic carbocycles. The van der Waals surface area contributed by atoms with E-state index in [2.05, 4.69) is 49.3 Å². The Morgan fingerprint density at radius 1 is 1.16 bits per heavy atom. The number of nitrogens with zero attached hydrogens (tertiary/aromatic N) is 6. The Kier molecular flexibility index (Phi) is 7.43. The first-order valence-corrected chi connectivity index (χ1v) is 16.5. The van der Waals surface area contributed by atoms with Crippen molar-refractivity contribution >= 4 is 30.8 Å². The van der Waals surface area contributed by atoms with Gasteiger partial charge in [-0.1, -0.05) is 37.6 Å². The summed E-state index contributed by atoms with van der Waals surface area (Å²) in [6, 6.07) is 3.76. The Balaban J connectivity index is 1.47. The molecule has 4 heterocycles. The first kappa shape index (κ1) is 26.9. The maximum absolute atomic E-state index is 6.50. The number of benzene rings is 1. The zero-order chi connectivity index (χ0) is 27.1. The molecule has 0 N–H and O–H groups in total. The highest BCUT2D eigenvalue weighted by molar-refractivity contribution is 6.74. The maximum atomic E-state index is 6.50. The summed E-state index contributed by atoms with van der Waals surface area (Å²) < 4.78 is 23.8. The van der Waals surface area contributed by atoms with Gasteiger partial charge in [0.25, 0.3) is 0 Å². The number of rotatable bonds is 8. The second kappa shape index (κ2) is 10.5. The van der Waals surface area contributed by atoms with Crippen LogP contribution in [0, 0.1) is 0 Å². The third kappa shape index (κ3) is 5.27. The molecule has 5 rings (SSSR count). The summed E-state index contributed by atoms with van der Waals surface area (Å²) in [5.41, 5.74) is 2.83. The van der Waals surface area contributed by atoms with Crippen LogP contribution in [0.25, 0.3) is 27.8 Å². The minimum absolute atomic E-state index is 0.0318. The summed E-state index contributed by atoms with van der Waals surface area (Å²) in [5, 5.41) is 15.2. The highest BCUT2D eigenvalue weighted by atomic mass is 35.5. The molecule has 1 unspecified atom stereocenters. The van der Waals surface area contributed by atoms with Crippen molar-refractivity contribution in [3.05, 3.63) is 41.9 Å². The van der Waals surface area contributed by atoms with Gasteiger partial charge in [-0.25, -0.2) is 9.36 Å². The molecular weight excluding hydrogens is 520 g/mol. The Morgan fingerprint density at radius 2 is 1.97 bits per heavy atom. The van der Waals surface area contributed by atoms with Crippen molar-refractivity contribution in [1.82, 2.24) is 29.3 Å². The van der Waals surface area contributed by atoms with Crippen LogP contribution in [0.15, 0.2) is 36.9 Å². The largest absolute Gasteiger partial charge is 0.496 e. The van der Waals surface area contributed by atoms with Gasteiger partial charge in [0.1, 0.15) is 12.0 Å². The summed E-state index contributed by atoms with van der Waals surface area (Å²) in [7, 11) is -0.169. The second-order valence-corrected chi connectivity index (χ2v) is 16.6. The molecule has 3 aromatic heterocycles. The predicted octanol–water partition coefficient (Wildman–Crippen LogP) is 6.47. The molecule has 1 aromatic carbocycles. The van der Waals surface area contributed by atoms with Crippen molar-refractivity contribution < 1.29 is 13.9 Å². The van der Waals surface area contributed by atoms with E-state index in [1.54, 1.807) is 7.11 Å². The third-order valence-corrected chi connectivity index (χ3v) is 12.5. The van der Waals surface area contributed by atoms with Crippen LogP contribution >= 0.6 is 11.6 Å². The number of halogens is 1. The van der Waals surface area contributed by atoms with Crippen LogP contribution in [0.4, 0.5) is 0 Å². The monoisotopic (exact) mass is 556 g/mol. The SMILES string of the molecule is COc1cc(Cl)cc2c1c(-c1cnn(C3CCCCO3)c1)cn2-c1cn(CCO[Si](C)(C)C(C)(C)C)nn1. The normalized spacial score (nSPS) is 16.9. The zero-order valence-electron chi connectivity index (χ0n) is 23.1. The van der Waals surface area contributed by atoms with E-state index >= 15 is 0 Å². The Morgan fingerprint density at radius 3 is 2.68 bits per heavy atom. The molecule has 4 aromatic rings. The average molecular weight is 557 g/mol. The van der Waals surface area contributed by atoms with Crippen molar-refractivity contribution in [2.24, 2.45) is 0 Å². The lowest BCUT2D eigenvalue weighted by molar-refractivity contribution is -0.0394. The molecule has 0 saturated carbocycles. The molecule has 38 heavy (non-hydrogen) atoms. The topological polar surface area (TPSA) is 81.2 Å². The number of aromatic nitrogens is 6. The van der Waals surface area contributed by atoms with Gasteiger partial charge in [0.2, 0.25) is 0 Å². The lowest BCUT2D eigenvalue weighted by Crippen LogP contribution is -2.41. The van der Waals surface area contributed by atoms with Crippen LogP contribution in [0.1, 0.15) is 46.3 Å². The van der Waals surface area contributed by atoms with Crippen LogP contribution in [0.3, 0.4) is 0 Å². The van der Waals surface area contributed by atoms with E-state index in [4.69, 9.17) is 25.5 Å². The van der Waals surface area contributed by atoms with E-state index in [9.17, 15) is 0 Å². The van der Waals surface area contributed by atoms with Crippen LogP contribution < -0.4 is 4.74 Å². The van der Waals surface area contributed by atoms with Crippen molar-refractivity contribution in [2.45, 2.75) is 70.9 Å². The molecule has 1 atom stereocenters. The predicted molar refractivity (Wildman–Crippen MR) is 152 cm³/mol. The number of methoxy groups -OCH3 is 1. The molecule has 11 heteroatoms. The van der Waals surface area contributed by atoms with E-state index in [1.807, 2.05) is 50.9 Å². The first-order chi connectivity index (χ1) is 18.1. The van der Waals surface area contributed by atoms with E-state index in [-0.39, 0.29) is 11.3 Å².